The highest BCUT2D eigenvalue weighted by atomic mass is 16.4. The van der Waals surface area contributed by atoms with Crippen molar-refractivity contribution in [3.63, 3.8) is 0 Å². The van der Waals surface area contributed by atoms with Gasteiger partial charge in [-0.2, -0.15) is 0 Å². The molecule has 128 valence electrons. The number of aliphatic carboxylic acids is 2. The summed E-state index contributed by atoms with van der Waals surface area (Å²) in [5.74, 6) is -2.61. The normalized spacial score (nSPS) is 39.9. The van der Waals surface area contributed by atoms with Gasteiger partial charge in [-0.3, -0.25) is 9.59 Å². The summed E-state index contributed by atoms with van der Waals surface area (Å²) in [7, 11) is 0. The van der Waals surface area contributed by atoms with Crippen molar-refractivity contribution < 1.29 is 30.0 Å². The zero-order valence-corrected chi connectivity index (χ0v) is 13.8. The third kappa shape index (κ3) is 3.60. The molecule has 2 fully saturated rings. The molecule has 0 heterocycles. The lowest BCUT2D eigenvalue weighted by molar-refractivity contribution is -0.270. The molecule has 6 heteroatoms. The van der Waals surface area contributed by atoms with Gasteiger partial charge in [-0.1, -0.05) is 20.3 Å². The summed E-state index contributed by atoms with van der Waals surface area (Å²) in [6.45, 7) is 7.31. The molecule has 6 nitrogen and oxygen atoms in total. The Morgan fingerprint density at radius 3 is 1.41 bits per heavy atom. The molecule has 2 aliphatic rings. The van der Waals surface area contributed by atoms with Crippen LogP contribution in [0.1, 0.15) is 59.8 Å². The lowest BCUT2D eigenvalue weighted by Gasteiger charge is -2.61. The second-order valence-electron chi connectivity index (χ2n) is 7.59. The van der Waals surface area contributed by atoms with Crippen molar-refractivity contribution in [1.82, 2.24) is 0 Å². The molecule has 4 unspecified atom stereocenters. The van der Waals surface area contributed by atoms with Crippen LogP contribution < -0.4 is 0 Å². The van der Waals surface area contributed by atoms with Gasteiger partial charge in [0.1, 0.15) is 0 Å². The summed E-state index contributed by atoms with van der Waals surface area (Å²) in [5, 5.41) is 36.5. The fourth-order valence-electron chi connectivity index (χ4n) is 3.22. The van der Waals surface area contributed by atoms with Crippen LogP contribution in [0.15, 0.2) is 0 Å². The molecule has 0 aromatic rings. The Hall–Kier alpha value is -1.14. The Morgan fingerprint density at radius 1 is 0.864 bits per heavy atom. The number of hydrogen-bond acceptors (Lipinski definition) is 4. The maximum atomic E-state index is 10.5. The summed E-state index contributed by atoms with van der Waals surface area (Å²) in [6.07, 6.45) is 2.74. The second kappa shape index (κ2) is 6.16. The first kappa shape index (κ1) is 18.9. The largest absolute Gasteiger partial charge is 0.481 e. The molecule has 0 aromatic heterocycles. The highest BCUT2D eigenvalue weighted by Gasteiger charge is 2.63. The number of carbonyl (C=O) groups is 2. The lowest BCUT2D eigenvalue weighted by Crippen LogP contribution is -2.69. The molecule has 0 aromatic carbocycles. The van der Waals surface area contributed by atoms with Crippen molar-refractivity contribution in [1.29, 1.82) is 0 Å². The highest BCUT2D eigenvalue weighted by Crippen LogP contribution is 2.56. The van der Waals surface area contributed by atoms with Crippen LogP contribution in [-0.4, -0.2) is 43.6 Å². The molecular formula is C16H28O6. The summed E-state index contributed by atoms with van der Waals surface area (Å²) < 4.78 is 0. The minimum Gasteiger partial charge on any atom is -0.481 e. The molecule has 2 saturated carbocycles. The average molecular weight is 316 g/mol. The van der Waals surface area contributed by atoms with Crippen molar-refractivity contribution in [3.8, 4) is 0 Å². The molecule has 2 aliphatic carbocycles. The summed E-state index contributed by atoms with van der Waals surface area (Å²) >= 11 is 0. The van der Waals surface area contributed by atoms with E-state index in [1.165, 1.54) is 0 Å². The van der Waals surface area contributed by atoms with Crippen LogP contribution >= 0.6 is 0 Å². The molecule has 4 N–H and O–H groups in total. The molecular weight excluding hydrogens is 288 g/mol. The van der Waals surface area contributed by atoms with Crippen LogP contribution in [-0.2, 0) is 9.59 Å². The minimum atomic E-state index is -0.860. The SMILES string of the molecule is CC1(O)CC(C)(O)C1(C)C.O=C(O)C1CCCC(C(=O)O)C1. The maximum Gasteiger partial charge on any atom is 0.306 e. The average Bonchev–Trinajstić information content (AvgIpc) is 2.38. The van der Waals surface area contributed by atoms with E-state index in [0.29, 0.717) is 32.1 Å². The predicted octanol–water partition coefficient (Wildman–Crippen LogP) is 1.88. The monoisotopic (exact) mass is 316 g/mol. The molecule has 0 radical (unpaired) electrons. The first-order valence-electron chi connectivity index (χ1n) is 7.72. The van der Waals surface area contributed by atoms with Crippen molar-refractivity contribution in [2.75, 3.05) is 0 Å². The maximum absolute atomic E-state index is 10.5. The molecule has 4 atom stereocenters. The van der Waals surface area contributed by atoms with Crippen LogP contribution in [0.5, 0.6) is 0 Å². The Morgan fingerprint density at radius 2 is 1.23 bits per heavy atom. The van der Waals surface area contributed by atoms with Gasteiger partial charge in [0.25, 0.3) is 0 Å². The smallest absolute Gasteiger partial charge is 0.306 e. The number of rotatable bonds is 2. The standard InChI is InChI=1S/C8H12O4.C8H16O2/c9-7(10)5-2-1-3-6(4-5)8(11)12;1-6(2)7(3,9)5-8(6,4)10/h5-6H,1-4H2,(H,9,10)(H,11,12);9-10H,5H2,1-4H3. The topological polar surface area (TPSA) is 115 Å². The van der Waals surface area contributed by atoms with Crippen LogP contribution in [0.25, 0.3) is 0 Å². The van der Waals surface area contributed by atoms with Gasteiger partial charge in [0, 0.05) is 11.8 Å². The number of hydrogen-bond donors (Lipinski definition) is 4. The van der Waals surface area contributed by atoms with Gasteiger partial charge in [0.05, 0.1) is 23.0 Å². The van der Waals surface area contributed by atoms with E-state index >= 15 is 0 Å². The lowest BCUT2D eigenvalue weighted by atomic mass is 9.50. The van der Waals surface area contributed by atoms with Crippen molar-refractivity contribution in [3.05, 3.63) is 0 Å². The number of carboxylic acids is 2. The second-order valence-corrected chi connectivity index (χ2v) is 7.59. The Bertz CT molecular complexity index is 402. The van der Waals surface area contributed by atoms with Gasteiger partial charge >= 0.3 is 11.9 Å². The van der Waals surface area contributed by atoms with E-state index in [-0.39, 0.29) is 5.41 Å². The predicted molar refractivity (Wildman–Crippen MR) is 80.4 cm³/mol. The zero-order chi connectivity index (χ0) is 17.3. The molecule has 2 rings (SSSR count). The Kier molecular flexibility index (Phi) is 5.30. The van der Waals surface area contributed by atoms with Crippen molar-refractivity contribution in [2.24, 2.45) is 17.3 Å². The quantitative estimate of drug-likeness (QED) is 0.618. The third-order valence-corrected chi connectivity index (χ3v) is 5.75. The number of aliphatic hydroxyl groups is 2. The summed E-state index contributed by atoms with van der Waals surface area (Å²) in [5.41, 5.74) is -1.77. The molecule has 0 amide bonds. The fraction of sp³-hybridized carbons (Fsp3) is 0.875. The van der Waals surface area contributed by atoms with Crippen LogP contribution in [0.2, 0.25) is 0 Å². The fourth-order valence-corrected chi connectivity index (χ4v) is 3.22. The van der Waals surface area contributed by atoms with Gasteiger partial charge in [0.2, 0.25) is 0 Å². The van der Waals surface area contributed by atoms with Crippen LogP contribution in [0, 0.1) is 17.3 Å². The van der Waals surface area contributed by atoms with Gasteiger partial charge in [-0.15, -0.1) is 0 Å². The van der Waals surface area contributed by atoms with E-state index in [0.717, 1.165) is 0 Å². The third-order valence-electron chi connectivity index (χ3n) is 5.75. The van der Waals surface area contributed by atoms with E-state index in [1.807, 2.05) is 13.8 Å². The van der Waals surface area contributed by atoms with Gasteiger partial charge in [0.15, 0.2) is 0 Å². The Balaban J connectivity index is 0.000000224. The van der Waals surface area contributed by atoms with Crippen LogP contribution in [0.4, 0.5) is 0 Å². The van der Waals surface area contributed by atoms with E-state index in [9.17, 15) is 19.8 Å². The number of carboxylic acid groups (broad SMARTS) is 2. The summed E-state index contributed by atoms with van der Waals surface area (Å²) in [4.78, 5) is 21.1. The molecule has 22 heavy (non-hydrogen) atoms. The molecule has 0 saturated heterocycles. The van der Waals surface area contributed by atoms with Crippen LogP contribution in [0.3, 0.4) is 0 Å². The zero-order valence-electron chi connectivity index (χ0n) is 13.8. The van der Waals surface area contributed by atoms with Crippen molar-refractivity contribution in [2.45, 2.75) is 71.0 Å². The van der Waals surface area contributed by atoms with Gasteiger partial charge in [-0.05, 0) is 33.1 Å². The van der Waals surface area contributed by atoms with E-state index < -0.39 is 35.0 Å². The molecule has 0 bridgehead atoms. The van der Waals surface area contributed by atoms with E-state index in [4.69, 9.17) is 10.2 Å². The highest BCUT2D eigenvalue weighted by molar-refractivity contribution is 5.74. The first-order valence-corrected chi connectivity index (χ1v) is 7.72. The van der Waals surface area contributed by atoms with Crippen molar-refractivity contribution >= 4 is 11.9 Å². The minimum absolute atomic E-state index is 0.296. The van der Waals surface area contributed by atoms with E-state index in [2.05, 4.69) is 0 Å². The van der Waals surface area contributed by atoms with E-state index in [1.54, 1.807) is 13.8 Å². The Labute approximate surface area is 131 Å². The summed E-state index contributed by atoms with van der Waals surface area (Å²) in [6, 6.07) is 0. The molecule has 0 aliphatic heterocycles. The molecule has 0 spiro atoms. The van der Waals surface area contributed by atoms with Gasteiger partial charge in [-0.25, -0.2) is 0 Å². The first-order chi connectivity index (χ1) is 9.82. The van der Waals surface area contributed by atoms with Gasteiger partial charge < -0.3 is 20.4 Å².